The number of allylic oxidation sites excluding steroid dienone is 6. The van der Waals surface area contributed by atoms with E-state index < -0.39 is 23.3 Å². The summed E-state index contributed by atoms with van der Waals surface area (Å²) >= 11 is 6.22. The number of hydrogen-bond acceptors (Lipinski definition) is 3. The van der Waals surface area contributed by atoms with Gasteiger partial charge in [0.2, 0.25) is 5.91 Å². The number of hydrogen-bond donors (Lipinski definition) is 3. The van der Waals surface area contributed by atoms with Gasteiger partial charge in [-0.2, -0.15) is 0 Å². The molecule has 5 nitrogen and oxygen atoms in total. The highest BCUT2D eigenvalue weighted by Crippen LogP contribution is 2.25. The van der Waals surface area contributed by atoms with Crippen LogP contribution >= 0.6 is 11.6 Å². The van der Waals surface area contributed by atoms with Gasteiger partial charge < -0.3 is 15.7 Å². The third-order valence-corrected chi connectivity index (χ3v) is 5.25. The molecule has 0 saturated heterocycles. The van der Waals surface area contributed by atoms with Crippen molar-refractivity contribution in [3.8, 4) is 0 Å². The Morgan fingerprint density at radius 2 is 2.19 bits per heavy atom. The Labute approximate surface area is 159 Å². The van der Waals surface area contributed by atoms with Crippen LogP contribution < -0.4 is 10.6 Å². The van der Waals surface area contributed by atoms with Crippen molar-refractivity contribution in [1.29, 1.82) is 0 Å². The number of carboxylic acid groups (broad SMARTS) is 1. The summed E-state index contributed by atoms with van der Waals surface area (Å²) in [7, 11) is 1.92. The van der Waals surface area contributed by atoms with Crippen molar-refractivity contribution in [3.05, 3.63) is 47.2 Å². The zero-order valence-corrected chi connectivity index (χ0v) is 16.1. The Morgan fingerprint density at radius 3 is 2.77 bits per heavy atom. The van der Waals surface area contributed by atoms with Crippen LogP contribution in [0.1, 0.15) is 39.0 Å². The molecule has 0 spiro atoms. The quantitative estimate of drug-likeness (QED) is 0.469. The van der Waals surface area contributed by atoms with Gasteiger partial charge in [-0.05, 0) is 50.5 Å². The summed E-state index contributed by atoms with van der Waals surface area (Å²) < 4.78 is 0. The highest BCUT2D eigenvalue weighted by atomic mass is 35.5. The molecule has 3 atom stereocenters. The molecule has 0 aromatic heterocycles. The zero-order valence-electron chi connectivity index (χ0n) is 15.3. The second-order valence-corrected chi connectivity index (χ2v) is 7.27. The van der Waals surface area contributed by atoms with E-state index in [1.165, 1.54) is 5.70 Å². The fourth-order valence-corrected chi connectivity index (χ4v) is 3.64. The largest absolute Gasteiger partial charge is 0.480 e. The van der Waals surface area contributed by atoms with E-state index in [9.17, 15) is 14.7 Å². The van der Waals surface area contributed by atoms with Gasteiger partial charge in [-0.3, -0.25) is 4.79 Å². The molecule has 3 unspecified atom stereocenters. The lowest BCUT2D eigenvalue weighted by atomic mass is 9.91. The first-order chi connectivity index (χ1) is 12.4. The van der Waals surface area contributed by atoms with Crippen LogP contribution in [0, 0.1) is 5.92 Å². The minimum atomic E-state index is -1.04. The first kappa shape index (κ1) is 20.3. The molecule has 3 N–H and O–H groups in total. The summed E-state index contributed by atoms with van der Waals surface area (Å²) in [5.74, 6) is -1.02. The average molecular weight is 379 g/mol. The van der Waals surface area contributed by atoms with Crippen molar-refractivity contribution >= 4 is 23.5 Å². The fraction of sp³-hybridized carbons (Fsp3) is 0.500. The van der Waals surface area contributed by atoms with Crippen LogP contribution in [0.5, 0.6) is 0 Å². The third-order valence-electron chi connectivity index (χ3n) is 4.85. The molecule has 0 aromatic carbocycles. The molecule has 2 aliphatic rings. The Balaban J connectivity index is 1.94. The van der Waals surface area contributed by atoms with Gasteiger partial charge in [0.15, 0.2) is 0 Å². The van der Waals surface area contributed by atoms with Gasteiger partial charge in [-0.1, -0.05) is 30.4 Å². The lowest BCUT2D eigenvalue weighted by Gasteiger charge is -2.21. The van der Waals surface area contributed by atoms with Gasteiger partial charge in [0.25, 0.3) is 0 Å². The van der Waals surface area contributed by atoms with Crippen molar-refractivity contribution in [2.75, 3.05) is 7.05 Å². The normalized spacial score (nSPS) is 24.3. The highest BCUT2D eigenvalue weighted by molar-refractivity contribution is 6.26. The summed E-state index contributed by atoms with van der Waals surface area (Å²) in [5.41, 5.74) is 2.50. The summed E-state index contributed by atoms with van der Waals surface area (Å²) in [4.78, 5) is 24.0. The maximum absolute atomic E-state index is 12.5. The SMILES string of the molecule is CNC1=CCC(/C=C/CC(NC(=O)C2=C(C)C=CCC2Cl)C(=O)O)CC1. The Morgan fingerprint density at radius 1 is 1.42 bits per heavy atom. The smallest absolute Gasteiger partial charge is 0.326 e. The minimum Gasteiger partial charge on any atom is -0.480 e. The van der Waals surface area contributed by atoms with Crippen molar-refractivity contribution in [2.24, 2.45) is 5.92 Å². The molecule has 1 amide bonds. The molecule has 6 heteroatoms. The zero-order chi connectivity index (χ0) is 19.1. The number of aliphatic carboxylic acids is 1. The number of nitrogens with one attached hydrogen (secondary N) is 2. The molecule has 0 fully saturated rings. The van der Waals surface area contributed by atoms with Crippen LogP contribution in [0.4, 0.5) is 0 Å². The van der Waals surface area contributed by atoms with E-state index in [2.05, 4.69) is 22.8 Å². The number of rotatable bonds is 7. The van der Waals surface area contributed by atoms with Gasteiger partial charge in [0.1, 0.15) is 6.04 Å². The highest BCUT2D eigenvalue weighted by Gasteiger charge is 2.26. The number of carbonyl (C=O) groups excluding carboxylic acids is 1. The van der Waals surface area contributed by atoms with Gasteiger partial charge >= 0.3 is 5.97 Å². The fourth-order valence-electron chi connectivity index (χ4n) is 3.26. The van der Waals surface area contributed by atoms with E-state index >= 15 is 0 Å². The van der Waals surface area contributed by atoms with E-state index in [4.69, 9.17) is 11.6 Å². The van der Waals surface area contributed by atoms with Gasteiger partial charge in [-0.25, -0.2) is 4.79 Å². The molecule has 0 aromatic rings. The standard InChI is InChI=1S/C20H27ClN2O3/c1-13-5-3-7-16(21)18(13)19(24)23-17(20(25)26)8-4-6-14-9-11-15(22-2)12-10-14/h3-6,11,14,16-17,22H,7-10,12H2,1-2H3,(H,23,24)(H,25,26)/b6-4+. The summed E-state index contributed by atoms with van der Waals surface area (Å²) in [6, 6.07) is -0.958. The Kier molecular flexibility index (Phi) is 7.51. The van der Waals surface area contributed by atoms with Crippen LogP contribution in [0.3, 0.4) is 0 Å². The number of carboxylic acids is 1. The lowest BCUT2D eigenvalue weighted by molar-refractivity contribution is -0.141. The monoisotopic (exact) mass is 378 g/mol. The molecule has 142 valence electrons. The second kappa shape index (κ2) is 9.62. The molecular weight excluding hydrogens is 352 g/mol. The van der Waals surface area contributed by atoms with Crippen LogP contribution in [-0.4, -0.2) is 35.4 Å². The molecule has 0 bridgehead atoms. The molecule has 0 aliphatic heterocycles. The third kappa shape index (κ3) is 5.49. The van der Waals surface area contributed by atoms with Gasteiger partial charge in [0.05, 0.1) is 5.38 Å². The second-order valence-electron chi connectivity index (χ2n) is 6.74. The molecule has 0 radical (unpaired) electrons. The first-order valence-corrected chi connectivity index (χ1v) is 9.44. The molecule has 2 rings (SSSR count). The van der Waals surface area contributed by atoms with E-state index in [0.717, 1.165) is 24.8 Å². The van der Waals surface area contributed by atoms with Crippen LogP contribution in [0.2, 0.25) is 0 Å². The predicted octanol–water partition coefficient (Wildman–Crippen LogP) is 3.29. The molecule has 2 aliphatic carbocycles. The van der Waals surface area contributed by atoms with E-state index in [1.807, 2.05) is 32.2 Å². The maximum Gasteiger partial charge on any atom is 0.326 e. The maximum atomic E-state index is 12.5. The number of halogens is 1. The minimum absolute atomic E-state index is 0.259. The van der Waals surface area contributed by atoms with Crippen molar-refractivity contribution in [3.63, 3.8) is 0 Å². The van der Waals surface area contributed by atoms with E-state index in [1.54, 1.807) is 0 Å². The number of amides is 1. The predicted molar refractivity (Wildman–Crippen MR) is 104 cm³/mol. The topological polar surface area (TPSA) is 78.4 Å². The van der Waals surface area contributed by atoms with Crippen LogP contribution in [-0.2, 0) is 9.59 Å². The molecule has 26 heavy (non-hydrogen) atoms. The Bertz CT molecular complexity index is 664. The number of carbonyl (C=O) groups is 2. The molecule has 0 heterocycles. The average Bonchev–Trinajstić information content (AvgIpc) is 2.61. The van der Waals surface area contributed by atoms with Crippen molar-refractivity contribution < 1.29 is 14.7 Å². The van der Waals surface area contributed by atoms with E-state index in [0.29, 0.717) is 17.9 Å². The number of alkyl halides is 1. The Hall–Kier alpha value is -2.01. The van der Waals surface area contributed by atoms with Crippen molar-refractivity contribution in [2.45, 2.75) is 50.4 Å². The summed E-state index contributed by atoms with van der Waals surface area (Å²) in [5, 5.41) is 14.8. The summed E-state index contributed by atoms with van der Waals surface area (Å²) in [6.07, 6.45) is 13.7. The van der Waals surface area contributed by atoms with Crippen molar-refractivity contribution in [1.82, 2.24) is 10.6 Å². The van der Waals surface area contributed by atoms with Gasteiger partial charge in [-0.15, -0.1) is 11.6 Å². The molecule has 0 saturated carbocycles. The summed E-state index contributed by atoms with van der Waals surface area (Å²) in [6.45, 7) is 1.81. The van der Waals surface area contributed by atoms with E-state index in [-0.39, 0.29) is 6.42 Å². The molecular formula is C20H27ClN2O3. The van der Waals surface area contributed by atoms with Crippen LogP contribution in [0.25, 0.3) is 0 Å². The first-order valence-electron chi connectivity index (χ1n) is 9.00. The van der Waals surface area contributed by atoms with Gasteiger partial charge in [0, 0.05) is 18.3 Å². The van der Waals surface area contributed by atoms with Crippen LogP contribution in [0.15, 0.2) is 47.2 Å². The lowest BCUT2D eigenvalue weighted by Crippen LogP contribution is -2.42.